The largest absolute Gasteiger partial charge is 0.454 e. The molecule has 130 valence electrons. The lowest BCUT2D eigenvalue weighted by molar-refractivity contribution is 0.0182. The van der Waals surface area contributed by atoms with Gasteiger partial charge in [0.25, 0.3) is 0 Å². The van der Waals surface area contributed by atoms with E-state index in [-0.39, 0.29) is 5.60 Å². The Morgan fingerprint density at radius 1 is 1.33 bits per heavy atom. The van der Waals surface area contributed by atoms with E-state index in [4.69, 9.17) is 14.2 Å². The Balaban J connectivity index is 1.83. The average molecular weight is 328 g/mol. The monoisotopic (exact) mass is 328 g/mol. The molecule has 1 heterocycles. The summed E-state index contributed by atoms with van der Waals surface area (Å²) in [5, 5.41) is 0. The number of benzene rings is 1. The van der Waals surface area contributed by atoms with Gasteiger partial charge in [0, 0.05) is 0 Å². The van der Waals surface area contributed by atoms with E-state index in [1.807, 2.05) is 36.4 Å². The SMILES string of the molecule is C=CC(C)(CC/C=C(\C)CC)OC/C=C/c1ccc2c(c1)OCO2. The highest BCUT2D eigenvalue weighted by Gasteiger charge is 2.19. The van der Waals surface area contributed by atoms with Crippen LogP contribution in [-0.4, -0.2) is 19.0 Å². The molecule has 3 heteroatoms. The molecule has 0 bridgehead atoms. The van der Waals surface area contributed by atoms with Crippen molar-refractivity contribution in [1.29, 1.82) is 0 Å². The molecule has 0 saturated heterocycles. The summed E-state index contributed by atoms with van der Waals surface area (Å²) < 4.78 is 16.7. The van der Waals surface area contributed by atoms with Crippen molar-refractivity contribution in [2.45, 2.75) is 45.6 Å². The molecule has 0 radical (unpaired) electrons. The molecule has 3 nitrogen and oxygen atoms in total. The summed E-state index contributed by atoms with van der Waals surface area (Å²) in [4.78, 5) is 0. The minimum Gasteiger partial charge on any atom is -0.454 e. The van der Waals surface area contributed by atoms with Gasteiger partial charge in [-0.25, -0.2) is 0 Å². The lowest BCUT2D eigenvalue weighted by atomic mass is 9.99. The third kappa shape index (κ3) is 5.27. The predicted molar refractivity (Wildman–Crippen MR) is 99.4 cm³/mol. The smallest absolute Gasteiger partial charge is 0.231 e. The summed E-state index contributed by atoms with van der Waals surface area (Å²) in [7, 11) is 0. The summed E-state index contributed by atoms with van der Waals surface area (Å²) in [6.07, 6.45) is 11.3. The van der Waals surface area contributed by atoms with E-state index < -0.39 is 0 Å². The molecular formula is C21H28O3. The molecule has 24 heavy (non-hydrogen) atoms. The van der Waals surface area contributed by atoms with Crippen LogP contribution in [0.3, 0.4) is 0 Å². The maximum Gasteiger partial charge on any atom is 0.231 e. The number of hydrogen-bond donors (Lipinski definition) is 0. The molecule has 1 aliphatic rings. The zero-order chi connectivity index (χ0) is 17.4. The van der Waals surface area contributed by atoms with E-state index in [0.717, 1.165) is 36.3 Å². The van der Waals surface area contributed by atoms with Crippen LogP contribution in [0.2, 0.25) is 0 Å². The lowest BCUT2D eigenvalue weighted by Crippen LogP contribution is -2.25. The van der Waals surface area contributed by atoms with Gasteiger partial charge in [-0.15, -0.1) is 6.58 Å². The van der Waals surface area contributed by atoms with Crippen LogP contribution in [0, 0.1) is 0 Å². The highest BCUT2D eigenvalue weighted by atomic mass is 16.7. The van der Waals surface area contributed by atoms with E-state index in [1.54, 1.807) is 0 Å². The highest BCUT2D eigenvalue weighted by molar-refractivity contribution is 5.56. The van der Waals surface area contributed by atoms with Crippen molar-refractivity contribution < 1.29 is 14.2 Å². The van der Waals surface area contributed by atoms with Crippen LogP contribution in [0.5, 0.6) is 11.5 Å². The molecule has 0 amide bonds. The number of rotatable bonds is 9. The predicted octanol–water partition coefficient (Wildman–Crippen LogP) is 5.53. The first-order chi connectivity index (χ1) is 11.6. The molecule has 0 aromatic heterocycles. The standard InChI is InChI=1S/C21H28O3/c1-5-17(3)9-7-13-21(4,6-2)24-14-8-10-18-11-12-19-20(15-18)23-16-22-19/h6,8-12,15H,2,5,7,13-14,16H2,1,3-4H3/b10-8+,17-9+. The Kier molecular flexibility index (Phi) is 6.68. The number of fused-ring (bicyclic) bond motifs is 1. The summed E-state index contributed by atoms with van der Waals surface area (Å²) in [5.41, 5.74) is 2.19. The van der Waals surface area contributed by atoms with Gasteiger partial charge in [-0.05, 0) is 50.8 Å². The molecule has 1 unspecified atom stereocenters. The summed E-state index contributed by atoms with van der Waals surface area (Å²) >= 11 is 0. The fourth-order valence-corrected chi connectivity index (χ4v) is 2.42. The van der Waals surface area contributed by atoms with Gasteiger partial charge >= 0.3 is 0 Å². The van der Waals surface area contributed by atoms with Crippen molar-refractivity contribution in [3.05, 3.63) is 54.1 Å². The van der Waals surface area contributed by atoms with E-state index >= 15 is 0 Å². The van der Waals surface area contributed by atoms with E-state index in [2.05, 4.69) is 33.4 Å². The van der Waals surface area contributed by atoms with Gasteiger partial charge in [0.2, 0.25) is 6.79 Å². The van der Waals surface area contributed by atoms with E-state index in [9.17, 15) is 0 Å². The van der Waals surface area contributed by atoms with E-state index in [0.29, 0.717) is 13.4 Å². The Labute approximate surface area is 145 Å². The van der Waals surface area contributed by atoms with Crippen molar-refractivity contribution in [2.75, 3.05) is 13.4 Å². The first kappa shape index (κ1) is 18.3. The van der Waals surface area contributed by atoms with Crippen molar-refractivity contribution in [1.82, 2.24) is 0 Å². The summed E-state index contributed by atoms with van der Waals surface area (Å²) in [6.45, 7) is 11.2. The van der Waals surface area contributed by atoms with Crippen LogP contribution in [-0.2, 0) is 4.74 Å². The molecule has 1 aromatic rings. The zero-order valence-electron chi connectivity index (χ0n) is 15.0. The van der Waals surface area contributed by atoms with Crippen LogP contribution in [0.1, 0.15) is 45.6 Å². The Morgan fingerprint density at radius 3 is 2.88 bits per heavy atom. The third-order valence-corrected chi connectivity index (χ3v) is 4.34. The minimum absolute atomic E-state index is 0.301. The second-order valence-corrected chi connectivity index (χ2v) is 6.29. The van der Waals surface area contributed by atoms with Crippen LogP contribution in [0.4, 0.5) is 0 Å². The van der Waals surface area contributed by atoms with Gasteiger partial charge in [0.05, 0.1) is 12.2 Å². The normalized spacial score (nSPS) is 16.4. The van der Waals surface area contributed by atoms with Crippen LogP contribution < -0.4 is 9.47 Å². The van der Waals surface area contributed by atoms with Crippen molar-refractivity contribution in [3.8, 4) is 11.5 Å². The van der Waals surface area contributed by atoms with Crippen LogP contribution in [0.15, 0.2) is 48.6 Å². The van der Waals surface area contributed by atoms with Gasteiger partial charge in [-0.2, -0.15) is 0 Å². The Morgan fingerprint density at radius 2 is 2.12 bits per heavy atom. The molecule has 0 saturated carbocycles. The molecular weight excluding hydrogens is 300 g/mol. The fraction of sp³-hybridized carbons (Fsp3) is 0.429. The number of allylic oxidation sites excluding steroid dienone is 2. The topological polar surface area (TPSA) is 27.7 Å². The molecule has 2 rings (SSSR count). The molecule has 0 aliphatic carbocycles. The van der Waals surface area contributed by atoms with Crippen molar-refractivity contribution >= 4 is 6.08 Å². The molecule has 1 aromatic carbocycles. The number of hydrogen-bond acceptors (Lipinski definition) is 3. The van der Waals surface area contributed by atoms with Crippen molar-refractivity contribution in [3.63, 3.8) is 0 Å². The summed E-state index contributed by atoms with van der Waals surface area (Å²) in [6, 6.07) is 5.91. The molecule has 0 spiro atoms. The number of ether oxygens (including phenoxy) is 3. The summed E-state index contributed by atoms with van der Waals surface area (Å²) in [5.74, 6) is 1.60. The van der Waals surface area contributed by atoms with Crippen LogP contribution in [0.25, 0.3) is 6.08 Å². The average Bonchev–Trinajstić information content (AvgIpc) is 3.06. The molecule has 1 atom stereocenters. The second kappa shape index (κ2) is 8.74. The molecule has 0 fully saturated rings. The first-order valence-corrected chi connectivity index (χ1v) is 8.55. The third-order valence-electron chi connectivity index (χ3n) is 4.34. The van der Waals surface area contributed by atoms with Gasteiger partial charge in [0.1, 0.15) is 0 Å². The van der Waals surface area contributed by atoms with E-state index in [1.165, 1.54) is 5.57 Å². The fourth-order valence-electron chi connectivity index (χ4n) is 2.42. The van der Waals surface area contributed by atoms with Gasteiger partial charge in [-0.3, -0.25) is 0 Å². The Hall–Kier alpha value is -2.00. The molecule has 0 N–H and O–H groups in total. The van der Waals surface area contributed by atoms with Gasteiger partial charge in [0.15, 0.2) is 11.5 Å². The zero-order valence-corrected chi connectivity index (χ0v) is 15.0. The first-order valence-electron chi connectivity index (χ1n) is 8.55. The second-order valence-electron chi connectivity index (χ2n) is 6.29. The quantitative estimate of drug-likeness (QED) is 0.558. The lowest BCUT2D eigenvalue weighted by Gasteiger charge is -2.25. The molecule has 1 aliphatic heterocycles. The van der Waals surface area contributed by atoms with Gasteiger partial charge < -0.3 is 14.2 Å². The maximum absolute atomic E-state index is 6.02. The maximum atomic E-state index is 6.02. The van der Waals surface area contributed by atoms with Gasteiger partial charge in [-0.1, -0.05) is 42.9 Å². The highest BCUT2D eigenvalue weighted by Crippen LogP contribution is 2.32. The Bertz CT molecular complexity index is 616. The van der Waals surface area contributed by atoms with Crippen molar-refractivity contribution in [2.24, 2.45) is 0 Å². The van der Waals surface area contributed by atoms with Crippen LogP contribution >= 0.6 is 0 Å². The minimum atomic E-state index is -0.302.